The van der Waals surface area contributed by atoms with Gasteiger partial charge in [-0.05, 0) is 49.8 Å². The van der Waals surface area contributed by atoms with Gasteiger partial charge in [0.25, 0.3) is 5.91 Å². The number of allylic oxidation sites excluding steroid dienone is 1. The van der Waals surface area contributed by atoms with E-state index in [0.29, 0.717) is 18.4 Å². The van der Waals surface area contributed by atoms with Crippen molar-refractivity contribution in [2.24, 2.45) is 11.8 Å². The highest BCUT2D eigenvalue weighted by molar-refractivity contribution is 9.09. The van der Waals surface area contributed by atoms with Crippen molar-refractivity contribution in [1.29, 1.82) is 0 Å². The van der Waals surface area contributed by atoms with Gasteiger partial charge < -0.3 is 29.7 Å². The van der Waals surface area contributed by atoms with Gasteiger partial charge in [-0.25, -0.2) is 0 Å². The zero-order valence-electron chi connectivity index (χ0n) is 27.5. The molecule has 11 heteroatoms. The normalized spacial score (nSPS) is 26.1. The number of benzene rings is 2. The summed E-state index contributed by atoms with van der Waals surface area (Å²) in [4.78, 5) is 58.7. The van der Waals surface area contributed by atoms with E-state index < -0.39 is 41.7 Å². The lowest BCUT2D eigenvalue weighted by molar-refractivity contribution is -0.160. The molecule has 1 unspecified atom stereocenters. The molecule has 0 aliphatic carbocycles. The van der Waals surface area contributed by atoms with Crippen molar-refractivity contribution in [3.8, 4) is 0 Å². The minimum absolute atomic E-state index is 0.0432. The zero-order valence-corrected chi connectivity index (χ0v) is 29.1. The molecule has 3 amide bonds. The summed E-state index contributed by atoms with van der Waals surface area (Å²) < 4.78 is 12.8. The molecular formula is C37H44BrN3O7. The molecule has 2 aromatic carbocycles. The monoisotopic (exact) mass is 721 g/mol. The maximum atomic E-state index is 14.8. The number of carbonyl (C=O) groups is 4. The number of alkyl halides is 1. The largest absolute Gasteiger partial charge is 0.455 e. The second-order valence-electron chi connectivity index (χ2n) is 12.7. The second-order valence-corrected chi connectivity index (χ2v) is 13.9. The molecule has 2 bridgehead atoms. The van der Waals surface area contributed by atoms with Gasteiger partial charge in [-0.3, -0.25) is 19.2 Å². The van der Waals surface area contributed by atoms with Crippen molar-refractivity contribution in [2.45, 2.75) is 68.2 Å². The summed E-state index contributed by atoms with van der Waals surface area (Å²) in [5.41, 5.74) is 1.91. The molecule has 0 radical (unpaired) electrons. The predicted octanol–water partition coefficient (Wildman–Crippen LogP) is 4.32. The third-order valence-electron chi connectivity index (χ3n) is 9.63. The van der Waals surface area contributed by atoms with Crippen molar-refractivity contribution < 1.29 is 33.8 Å². The summed E-state index contributed by atoms with van der Waals surface area (Å²) in [6.07, 6.45) is 3.13. The van der Waals surface area contributed by atoms with Crippen molar-refractivity contribution in [3.63, 3.8) is 0 Å². The van der Waals surface area contributed by atoms with Crippen molar-refractivity contribution in [2.75, 3.05) is 31.1 Å². The van der Waals surface area contributed by atoms with Crippen LogP contribution in [-0.4, -0.2) is 82.5 Å². The average molecular weight is 723 g/mol. The number of hydrogen-bond donors (Lipinski definition) is 2. The number of anilines is 1. The minimum atomic E-state index is -1.30. The van der Waals surface area contributed by atoms with Crippen LogP contribution in [0.25, 0.3) is 0 Å². The number of nitrogens with one attached hydrogen (secondary N) is 1. The van der Waals surface area contributed by atoms with Gasteiger partial charge in [0.05, 0.1) is 24.5 Å². The Hall–Kier alpha value is -3.80. The highest BCUT2D eigenvalue weighted by atomic mass is 79.9. The standard InChI is InChI=1S/C37H44BrN3O7/c1-5-7-17-28(43)39-22-27(25-15-9-8-10-16-25)47-36(46)29-30-34(44)41(19-12-20-42)33(37(30)21-26(38)32(29)48-37)35(45)40(18-6-2)31-23(3)13-11-14-24(31)4/h5-6,8-11,13-16,26-27,29-30,32-33,42H,1-2,7,12,17-22H2,3-4H3,(H,39,43)/t26?,27-,29-,30+,32-,33-,37+/m1/s1. The molecule has 1 spiro atoms. The Labute approximate surface area is 290 Å². The molecule has 48 heavy (non-hydrogen) atoms. The molecule has 0 saturated carbocycles. The van der Waals surface area contributed by atoms with Crippen LogP contribution in [0.15, 0.2) is 73.8 Å². The van der Waals surface area contributed by atoms with Crippen molar-refractivity contribution in [3.05, 3.63) is 90.5 Å². The molecule has 2 N–H and O–H groups in total. The molecule has 5 rings (SSSR count). The first-order valence-corrected chi connectivity index (χ1v) is 17.4. The Balaban J connectivity index is 1.49. The first-order valence-electron chi connectivity index (χ1n) is 16.4. The number of likely N-dealkylation sites (tertiary alicyclic amines) is 1. The molecule has 3 aliphatic heterocycles. The van der Waals surface area contributed by atoms with Gasteiger partial charge in [0.1, 0.15) is 17.7 Å². The van der Waals surface area contributed by atoms with E-state index in [2.05, 4.69) is 34.4 Å². The molecule has 3 saturated heterocycles. The van der Waals surface area contributed by atoms with Crippen LogP contribution in [0.1, 0.15) is 48.5 Å². The summed E-state index contributed by atoms with van der Waals surface area (Å²) in [5.74, 6) is -3.51. The number of nitrogens with zero attached hydrogens (tertiary/aromatic N) is 2. The predicted molar refractivity (Wildman–Crippen MR) is 185 cm³/mol. The van der Waals surface area contributed by atoms with Crippen molar-refractivity contribution >= 4 is 45.3 Å². The van der Waals surface area contributed by atoms with E-state index in [0.717, 1.165) is 16.8 Å². The number of para-hydroxylation sites is 1. The fourth-order valence-electron chi connectivity index (χ4n) is 7.60. The number of fused-ring (bicyclic) bond motifs is 1. The number of ether oxygens (including phenoxy) is 2. The third-order valence-corrected chi connectivity index (χ3v) is 10.5. The number of aliphatic hydroxyl groups excluding tert-OH is 1. The average Bonchev–Trinajstić information content (AvgIpc) is 3.67. The molecule has 10 nitrogen and oxygen atoms in total. The van der Waals surface area contributed by atoms with E-state index in [1.165, 1.54) is 4.90 Å². The Bertz CT molecular complexity index is 1530. The molecule has 3 fully saturated rings. The number of hydrogen-bond acceptors (Lipinski definition) is 7. The van der Waals surface area contributed by atoms with E-state index in [1.807, 2.05) is 62.4 Å². The lowest BCUT2D eigenvalue weighted by atomic mass is 9.70. The molecule has 3 heterocycles. The van der Waals surface area contributed by atoms with Crippen LogP contribution >= 0.6 is 15.9 Å². The fraction of sp³-hybridized carbons (Fsp3) is 0.459. The highest BCUT2D eigenvalue weighted by Gasteiger charge is 2.77. The van der Waals surface area contributed by atoms with E-state index in [1.54, 1.807) is 17.1 Å². The number of carbonyl (C=O) groups excluding carboxylic acids is 4. The summed E-state index contributed by atoms with van der Waals surface area (Å²) >= 11 is 3.72. The topological polar surface area (TPSA) is 125 Å². The zero-order chi connectivity index (χ0) is 34.6. The van der Waals surface area contributed by atoms with Gasteiger partial charge >= 0.3 is 5.97 Å². The molecule has 2 aromatic rings. The Morgan fingerprint density at radius 1 is 1.15 bits per heavy atom. The lowest BCUT2D eigenvalue weighted by Crippen LogP contribution is -2.57. The highest BCUT2D eigenvalue weighted by Crippen LogP contribution is 2.60. The number of amides is 3. The fourth-order valence-corrected chi connectivity index (χ4v) is 8.54. The van der Waals surface area contributed by atoms with Crippen LogP contribution in [-0.2, 0) is 28.7 Å². The van der Waals surface area contributed by atoms with Crippen LogP contribution in [0.2, 0.25) is 0 Å². The van der Waals surface area contributed by atoms with Crippen LogP contribution in [0.4, 0.5) is 5.69 Å². The third kappa shape index (κ3) is 6.60. The smallest absolute Gasteiger partial charge is 0.313 e. The van der Waals surface area contributed by atoms with Crippen LogP contribution in [0.5, 0.6) is 0 Å². The van der Waals surface area contributed by atoms with E-state index in [9.17, 15) is 24.3 Å². The second kappa shape index (κ2) is 15.2. The molecule has 256 valence electrons. The first-order chi connectivity index (χ1) is 23.1. The van der Waals surface area contributed by atoms with E-state index in [-0.39, 0.29) is 61.6 Å². The Kier molecular flexibility index (Phi) is 11.2. The SMILES string of the molecule is C=CCCC(=O)NC[C@@H](OC(=O)[C@H]1[C@@H]2O[C@@]3(CC2Br)[C@@H]1C(=O)N(CCCO)[C@@H]3C(=O)N(CC=C)c1c(C)cccc1C)c1ccccc1. The number of rotatable bonds is 15. The quantitative estimate of drug-likeness (QED) is 0.160. The van der Waals surface area contributed by atoms with Gasteiger partial charge in [0.15, 0.2) is 0 Å². The van der Waals surface area contributed by atoms with Gasteiger partial charge in [-0.2, -0.15) is 0 Å². The van der Waals surface area contributed by atoms with E-state index >= 15 is 0 Å². The summed E-state index contributed by atoms with van der Waals surface area (Å²) in [5, 5.41) is 12.6. The van der Waals surface area contributed by atoms with E-state index in [4.69, 9.17) is 9.47 Å². The van der Waals surface area contributed by atoms with Crippen LogP contribution in [0, 0.1) is 25.7 Å². The summed E-state index contributed by atoms with van der Waals surface area (Å²) in [7, 11) is 0. The Morgan fingerprint density at radius 2 is 1.85 bits per heavy atom. The number of aliphatic hydroxyl groups is 1. The minimum Gasteiger partial charge on any atom is -0.455 e. The summed E-state index contributed by atoms with van der Waals surface area (Å²) in [6, 6.07) is 13.9. The van der Waals surface area contributed by atoms with Crippen LogP contribution < -0.4 is 10.2 Å². The molecular weight excluding hydrogens is 678 g/mol. The maximum Gasteiger partial charge on any atom is 0.313 e. The van der Waals surface area contributed by atoms with Crippen LogP contribution in [0.3, 0.4) is 0 Å². The lowest BCUT2D eigenvalue weighted by Gasteiger charge is -2.37. The van der Waals surface area contributed by atoms with Crippen molar-refractivity contribution in [1.82, 2.24) is 10.2 Å². The first kappa shape index (κ1) is 35.5. The van der Waals surface area contributed by atoms with Gasteiger partial charge in [-0.1, -0.05) is 76.6 Å². The summed E-state index contributed by atoms with van der Waals surface area (Å²) in [6.45, 7) is 11.6. The molecule has 3 aliphatic rings. The number of esters is 1. The van der Waals surface area contributed by atoms with Gasteiger partial charge in [0, 0.05) is 36.6 Å². The molecule has 0 aromatic heterocycles. The maximum absolute atomic E-state index is 14.8. The Morgan fingerprint density at radius 3 is 2.50 bits per heavy atom. The molecule has 7 atom stereocenters. The van der Waals surface area contributed by atoms with Gasteiger partial charge in [0.2, 0.25) is 11.8 Å². The number of aryl methyl sites for hydroxylation is 2. The number of halogens is 1. The van der Waals surface area contributed by atoms with Gasteiger partial charge in [-0.15, -0.1) is 13.2 Å².